The van der Waals surface area contributed by atoms with Gasteiger partial charge in [0.2, 0.25) is 5.69 Å². The molecule has 216 valence electrons. The van der Waals surface area contributed by atoms with Crippen LogP contribution in [0.1, 0.15) is 56.5 Å². The fraction of sp³-hybridized carbons (Fsp3) is 0.407. The number of nitrogens with zero attached hydrogens (tertiary/aromatic N) is 5. The van der Waals surface area contributed by atoms with Gasteiger partial charge in [-0.05, 0) is 11.5 Å². The van der Waals surface area contributed by atoms with Crippen LogP contribution in [0, 0.1) is 0 Å². The summed E-state index contributed by atoms with van der Waals surface area (Å²) in [5, 5.41) is 19.9. The number of hydrogen-bond donors (Lipinski definition) is 2. The summed E-state index contributed by atoms with van der Waals surface area (Å²) < 4.78 is 4.10. The fourth-order valence-corrected chi connectivity index (χ4v) is 7.04. The van der Waals surface area contributed by atoms with E-state index in [1.54, 1.807) is 5.38 Å². The monoisotopic (exact) mass is 597 g/mol. The molecule has 0 aromatic carbocycles. The molecule has 14 heteroatoms. The molecule has 12 nitrogen and oxygen atoms in total. The zero-order valence-corrected chi connectivity index (χ0v) is 24.9. The van der Waals surface area contributed by atoms with Crippen LogP contribution in [0.2, 0.25) is 0 Å². The van der Waals surface area contributed by atoms with Gasteiger partial charge in [0.1, 0.15) is 24.2 Å². The maximum absolute atomic E-state index is 13.2. The molecule has 0 radical (unpaired) electrons. The Morgan fingerprint density at radius 2 is 2.07 bits per heavy atom. The van der Waals surface area contributed by atoms with Crippen molar-refractivity contribution in [2.45, 2.75) is 57.5 Å². The van der Waals surface area contributed by atoms with Crippen LogP contribution in [0.3, 0.4) is 0 Å². The number of oxime groups is 1. The van der Waals surface area contributed by atoms with Gasteiger partial charge in [-0.15, -0.1) is 23.1 Å². The van der Waals surface area contributed by atoms with E-state index in [2.05, 4.69) is 53.8 Å². The summed E-state index contributed by atoms with van der Waals surface area (Å²) in [6.45, 7) is 8.87. The van der Waals surface area contributed by atoms with Gasteiger partial charge in [0.15, 0.2) is 22.7 Å². The lowest BCUT2D eigenvalue weighted by Crippen LogP contribution is -2.71. The van der Waals surface area contributed by atoms with E-state index >= 15 is 0 Å². The molecule has 0 spiro atoms. The number of nitrogens with one attached hydrogen (secondary N) is 1. The van der Waals surface area contributed by atoms with Gasteiger partial charge in [0.05, 0.1) is 24.1 Å². The van der Waals surface area contributed by atoms with E-state index in [4.69, 9.17) is 10.6 Å². The Labute approximate surface area is 245 Å². The number of carbonyl (C=O) groups excluding carboxylic acids is 3. The van der Waals surface area contributed by atoms with E-state index in [1.807, 2.05) is 23.2 Å². The molecule has 1 fully saturated rings. The van der Waals surface area contributed by atoms with Crippen LogP contribution in [0.15, 0.2) is 46.5 Å². The molecule has 41 heavy (non-hydrogen) atoms. The first-order valence-corrected chi connectivity index (χ1v) is 15.0. The standard InChI is InChI=1S/C27H31N7O5S2/c1-13(2)16-8-18(14(3)4)33-7-6-32(10-19(16)33)9-15-11-40-25-21(24(36)34(25)22(15)26(37)38)30-23(35)20(31-39-5)17-12-41-27(28)29-17/h6-8,10,12-14,21,25H,9,11H2,1-5H3,(H3-,28,29,30,35,37,38)/b31-20-/t21-,25-/m1/s1. The van der Waals surface area contributed by atoms with Crippen molar-refractivity contribution >= 4 is 51.7 Å². The van der Waals surface area contributed by atoms with E-state index in [9.17, 15) is 19.5 Å². The van der Waals surface area contributed by atoms with Gasteiger partial charge < -0.3 is 30.4 Å². The topological polar surface area (TPSA) is 159 Å². The van der Waals surface area contributed by atoms with Gasteiger partial charge in [0.25, 0.3) is 11.8 Å². The number of anilines is 1. The molecule has 4 aliphatic rings. The highest BCUT2D eigenvalue weighted by molar-refractivity contribution is 8.00. The van der Waals surface area contributed by atoms with E-state index in [0.717, 1.165) is 17.0 Å². The Morgan fingerprint density at radius 3 is 2.68 bits per heavy atom. The number of carboxylic acid groups (broad SMARTS) is 1. The number of fused-ring (bicyclic) bond motifs is 2. The maximum atomic E-state index is 13.2. The molecule has 5 rings (SSSR count). The van der Waals surface area contributed by atoms with Crippen LogP contribution in [-0.4, -0.2) is 62.2 Å². The third-order valence-corrected chi connectivity index (χ3v) is 9.12. The normalized spacial score (nSPS) is 19.1. The van der Waals surface area contributed by atoms with Crippen molar-refractivity contribution in [3.63, 3.8) is 0 Å². The van der Waals surface area contributed by atoms with Crippen LogP contribution in [0.5, 0.6) is 0 Å². The number of rotatable bonds is 9. The average Bonchev–Trinajstić information content (AvgIpc) is 3.53. The number of amides is 2. The summed E-state index contributed by atoms with van der Waals surface area (Å²) in [5.41, 5.74) is 9.63. The summed E-state index contributed by atoms with van der Waals surface area (Å²) in [7, 11) is 1.29. The molecule has 1 aromatic rings. The zero-order chi connectivity index (χ0) is 29.6. The lowest BCUT2D eigenvalue weighted by molar-refractivity contribution is -0.603. The van der Waals surface area contributed by atoms with Crippen LogP contribution < -0.4 is 20.7 Å². The largest absolute Gasteiger partial charge is 0.543 e. The number of aliphatic carboxylic acids is 1. The number of aromatic nitrogens is 3. The van der Waals surface area contributed by atoms with Crippen molar-refractivity contribution in [1.29, 1.82) is 0 Å². The molecule has 3 N–H and O–H groups in total. The number of β-lactam (4-membered cyclic amide) rings is 1. The van der Waals surface area contributed by atoms with Crippen molar-refractivity contribution in [1.82, 2.24) is 19.8 Å². The van der Waals surface area contributed by atoms with Crippen molar-refractivity contribution in [3.05, 3.63) is 58.3 Å². The second kappa shape index (κ2) is 11.2. The molecule has 0 unspecified atom stereocenters. The van der Waals surface area contributed by atoms with E-state index in [-0.39, 0.29) is 28.8 Å². The average molecular weight is 598 g/mol. The molecular weight excluding hydrogens is 566 g/mol. The Balaban J connectivity index is 1.39. The van der Waals surface area contributed by atoms with E-state index in [0.29, 0.717) is 23.2 Å². The smallest absolute Gasteiger partial charge is 0.276 e. The highest BCUT2D eigenvalue weighted by Crippen LogP contribution is 2.40. The Morgan fingerprint density at radius 1 is 1.32 bits per heavy atom. The van der Waals surface area contributed by atoms with Gasteiger partial charge in [-0.25, -0.2) is 4.98 Å². The summed E-state index contributed by atoms with van der Waals surface area (Å²) in [4.78, 5) is 48.5. The quantitative estimate of drug-likeness (QED) is 0.160. The molecule has 4 aliphatic heterocycles. The SMILES string of the molecule is CO/N=C(\C(=O)N[C@@H]1C(=O)N2C(C(=O)[O-])=C(Cn3cc[n+]4c(C(C)C)cc(C(C)C)c-4c3)CS[C@H]12)c1csc(N)n1. The summed E-state index contributed by atoms with van der Waals surface area (Å²) in [6.07, 6.45) is 5.91. The molecule has 0 saturated carbocycles. The van der Waals surface area contributed by atoms with Crippen LogP contribution >= 0.6 is 23.1 Å². The molecule has 0 bridgehead atoms. The van der Waals surface area contributed by atoms with Crippen LogP contribution in [0.4, 0.5) is 5.13 Å². The number of nitrogens with two attached hydrogens (primary N) is 1. The van der Waals surface area contributed by atoms with Gasteiger partial charge in [-0.3, -0.25) is 14.5 Å². The van der Waals surface area contributed by atoms with Gasteiger partial charge in [-0.2, -0.15) is 4.57 Å². The molecule has 1 saturated heterocycles. The summed E-state index contributed by atoms with van der Waals surface area (Å²) in [5.74, 6) is -1.66. The maximum Gasteiger partial charge on any atom is 0.276 e. The highest BCUT2D eigenvalue weighted by atomic mass is 32.2. The second-order valence-corrected chi connectivity index (χ2v) is 12.5. The lowest BCUT2D eigenvalue weighted by atomic mass is 10.0. The van der Waals surface area contributed by atoms with Gasteiger partial charge >= 0.3 is 0 Å². The van der Waals surface area contributed by atoms with Crippen molar-refractivity contribution in [3.8, 4) is 5.69 Å². The third-order valence-electron chi connectivity index (χ3n) is 7.11. The molecule has 2 atom stereocenters. The first-order valence-electron chi connectivity index (χ1n) is 13.1. The predicted octanol–water partition coefficient (Wildman–Crippen LogP) is 0.943. The number of carbonyl (C=O) groups is 3. The highest BCUT2D eigenvalue weighted by Gasteiger charge is 2.53. The molecule has 5 heterocycles. The first kappa shape index (κ1) is 28.6. The summed E-state index contributed by atoms with van der Waals surface area (Å²) in [6, 6.07) is 1.27. The minimum Gasteiger partial charge on any atom is -0.543 e. The number of hydrogen-bond acceptors (Lipinski definition) is 10. The second-order valence-electron chi connectivity index (χ2n) is 10.5. The number of nitrogen functional groups attached to an aromatic ring is 1. The van der Waals surface area contributed by atoms with Gasteiger partial charge in [-0.1, -0.05) is 32.9 Å². The molecule has 0 aliphatic carbocycles. The predicted molar refractivity (Wildman–Crippen MR) is 152 cm³/mol. The molecular formula is C27H31N7O5S2. The summed E-state index contributed by atoms with van der Waals surface area (Å²) >= 11 is 2.51. The Bertz CT molecular complexity index is 1560. The first-order chi connectivity index (χ1) is 19.5. The third kappa shape index (κ3) is 5.17. The zero-order valence-electron chi connectivity index (χ0n) is 23.3. The van der Waals surface area contributed by atoms with Gasteiger partial charge in [0, 0.05) is 35.2 Å². The molecule has 1 aromatic heterocycles. The van der Waals surface area contributed by atoms with E-state index < -0.39 is 29.2 Å². The number of thioether (sulfide) groups is 1. The van der Waals surface area contributed by atoms with Crippen LogP contribution in [-0.2, 0) is 25.8 Å². The molecule has 2 amide bonds. The number of thiazole rings is 1. The Hall–Kier alpha value is -3.91. The van der Waals surface area contributed by atoms with Crippen LogP contribution in [0.25, 0.3) is 5.69 Å². The van der Waals surface area contributed by atoms with Crippen molar-refractivity contribution < 1.29 is 28.9 Å². The lowest BCUT2D eigenvalue weighted by Gasteiger charge is -2.50. The fourth-order valence-electron chi connectivity index (χ4n) is 5.16. The minimum absolute atomic E-state index is 0.137. The Kier molecular flexibility index (Phi) is 7.79. The van der Waals surface area contributed by atoms with Crippen molar-refractivity contribution in [2.75, 3.05) is 18.6 Å². The number of carboxylic acids is 1. The van der Waals surface area contributed by atoms with Crippen molar-refractivity contribution in [2.24, 2.45) is 5.16 Å². The van der Waals surface area contributed by atoms with E-state index in [1.165, 1.54) is 35.0 Å². The minimum atomic E-state index is -1.43.